The van der Waals surface area contributed by atoms with Crippen LogP contribution in [0.3, 0.4) is 0 Å². The minimum absolute atomic E-state index is 0.00607. The van der Waals surface area contributed by atoms with E-state index in [4.69, 9.17) is 14.6 Å². The molecule has 0 radical (unpaired) electrons. The predicted octanol–water partition coefficient (Wildman–Crippen LogP) is 6.18. The number of rotatable bonds is 6. The van der Waals surface area contributed by atoms with Crippen LogP contribution in [-0.2, 0) is 23.8 Å². The highest BCUT2D eigenvalue weighted by Crippen LogP contribution is 2.44. The molecule has 1 aliphatic heterocycles. The lowest BCUT2D eigenvalue weighted by atomic mass is 9.90. The van der Waals surface area contributed by atoms with Crippen molar-refractivity contribution < 1.29 is 32.5 Å². The van der Waals surface area contributed by atoms with Crippen molar-refractivity contribution in [1.29, 1.82) is 5.26 Å². The number of alkyl halides is 3. The van der Waals surface area contributed by atoms with Gasteiger partial charge in [-0.15, -0.1) is 0 Å². The summed E-state index contributed by atoms with van der Waals surface area (Å²) in [5.74, 6) is -0.0406. The number of carboxylic acid groups (broad SMARTS) is 1. The summed E-state index contributed by atoms with van der Waals surface area (Å²) in [5, 5.41) is 18.5. The van der Waals surface area contributed by atoms with Gasteiger partial charge in [0.15, 0.2) is 0 Å². The normalized spacial score (nSPS) is 18.2. The molecule has 0 saturated heterocycles. The molecule has 0 aromatic heterocycles. The maximum atomic E-state index is 13.9. The number of halogens is 3. The number of fused-ring (bicyclic) bond motifs is 2. The minimum Gasteiger partial charge on any atom is -0.492 e. The highest BCUT2D eigenvalue weighted by molar-refractivity contribution is 5.69. The van der Waals surface area contributed by atoms with Crippen molar-refractivity contribution in [3.63, 3.8) is 0 Å². The van der Waals surface area contributed by atoms with Gasteiger partial charge in [0, 0.05) is 17.5 Å². The van der Waals surface area contributed by atoms with Crippen LogP contribution in [0.4, 0.5) is 13.2 Å². The zero-order valence-electron chi connectivity index (χ0n) is 19.1. The summed E-state index contributed by atoms with van der Waals surface area (Å²) >= 11 is 0. The first-order valence-corrected chi connectivity index (χ1v) is 11.6. The van der Waals surface area contributed by atoms with Crippen LogP contribution >= 0.6 is 0 Å². The van der Waals surface area contributed by atoms with Crippen LogP contribution in [-0.4, -0.2) is 17.7 Å². The van der Waals surface area contributed by atoms with E-state index in [-0.39, 0.29) is 30.9 Å². The lowest BCUT2D eigenvalue weighted by Crippen LogP contribution is -2.13. The molecule has 1 heterocycles. The van der Waals surface area contributed by atoms with Gasteiger partial charge in [-0.25, -0.2) is 0 Å². The molecular weight excluding hydrogens is 471 g/mol. The summed E-state index contributed by atoms with van der Waals surface area (Å²) in [6.07, 6.45) is -4.02. The van der Waals surface area contributed by atoms with Gasteiger partial charge in [-0.05, 0) is 59.7 Å². The standard InChI is InChI=1S/C28H22F3NO4/c29-28(30,31)24-9-7-22-21(23(24)11-16-3-1-2-4-17(16)14-32)8-10-25(22)36-19-5-6-20-18(12-27(33)34)15-35-26(20)13-19/h1-7,9,13,18,25H,8,10-12,15H2,(H,33,34)/t18-,25-/m1/s1. The molecule has 0 amide bonds. The maximum Gasteiger partial charge on any atom is 0.416 e. The van der Waals surface area contributed by atoms with E-state index in [1.165, 1.54) is 6.07 Å². The number of carbonyl (C=O) groups is 1. The largest absolute Gasteiger partial charge is 0.492 e. The topological polar surface area (TPSA) is 79.5 Å². The van der Waals surface area contributed by atoms with E-state index in [0.717, 1.165) is 11.6 Å². The summed E-state index contributed by atoms with van der Waals surface area (Å²) in [7, 11) is 0. The summed E-state index contributed by atoms with van der Waals surface area (Å²) in [6.45, 7) is 0.283. The Morgan fingerprint density at radius 2 is 1.92 bits per heavy atom. The zero-order valence-corrected chi connectivity index (χ0v) is 19.1. The third kappa shape index (κ3) is 4.49. The average molecular weight is 493 g/mol. The Kier molecular flexibility index (Phi) is 6.09. The number of aliphatic carboxylic acids is 1. The number of nitriles is 1. The van der Waals surface area contributed by atoms with Gasteiger partial charge in [-0.1, -0.05) is 30.3 Å². The van der Waals surface area contributed by atoms with Crippen molar-refractivity contribution in [2.45, 2.75) is 43.9 Å². The molecule has 3 aromatic carbocycles. The molecule has 0 fully saturated rings. The van der Waals surface area contributed by atoms with Crippen molar-refractivity contribution in [2.24, 2.45) is 0 Å². The van der Waals surface area contributed by atoms with Crippen molar-refractivity contribution in [3.8, 4) is 17.6 Å². The molecule has 0 unspecified atom stereocenters. The van der Waals surface area contributed by atoms with Crippen LogP contribution in [0, 0.1) is 11.3 Å². The molecule has 1 N–H and O–H groups in total. The molecular formula is C28H22F3NO4. The van der Waals surface area contributed by atoms with E-state index in [0.29, 0.717) is 46.6 Å². The lowest BCUT2D eigenvalue weighted by molar-refractivity contribution is -0.138. The zero-order chi connectivity index (χ0) is 25.4. The SMILES string of the molecule is N#Cc1ccccc1Cc1c(C(F)(F)F)ccc2c1CC[C@H]2Oc1ccc2c(c1)OC[C@H]2CC(=O)O. The molecule has 5 nitrogen and oxygen atoms in total. The minimum atomic E-state index is -4.52. The molecule has 1 aliphatic carbocycles. The molecule has 2 aliphatic rings. The van der Waals surface area contributed by atoms with Gasteiger partial charge in [0.25, 0.3) is 0 Å². The fourth-order valence-corrected chi connectivity index (χ4v) is 5.18. The number of benzene rings is 3. The van der Waals surface area contributed by atoms with Crippen LogP contribution in [0.5, 0.6) is 11.5 Å². The quantitative estimate of drug-likeness (QED) is 0.443. The Balaban J connectivity index is 1.45. The van der Waals surface area contributed by atoms with E-state index in [2.05, 4.69) is 6.07 Å². The second-order valence-corrected chi connectivity index (χ2v) is 9.05. The van der Waals surface area contributed by atoms with Crippen LogP contribution in [0.1, 0.15) is 63.8 Å². The van der Waals surface area contributed by atoms with Gasteiger partial charge in [0.05, 0.1) is 30.2 Å². The van der Waals surface area contributed by atoms with E-state index in [1.54, 1.807) is 42.5 Å². The van der Waals surface area contributed by atoms with E-state index in [9.17, 15) is 23.2 Å². The third-order valence-electron chi connectivity index (χ3n) is 6.85. The monoisotopic (exact) mass is 493 g/mol. The predicted molar refractivity (Wildman–Crippen MR) is 124 cm³/mol. The smallest absolute Gasteiger partial charge is 0.416 e. The first kappa shape index (κ1) is 23.7. The molecule has 184 valence electrons. The van der Waals surface area contributed by atoms with Crippen molar-refractivity contribution in [2.75, 3.05) is 6.61 Å². The summed E-state index contributed by atoms with van der Waals surface area (Å²) < 4.78 is 53.7. The fourth-order valence-electron chi connectivity index (χ4n) is 5.18. The van der Waals surface area contributed by atoms with Gasteiger partial charge < -0.3 is 14.6 Å². The van der Waals surface area contributed by atoms with Gasteiger partial charge in [-0.2, -0.15) is 18.4 Å². The number of ether oxygens (including phenoxy) is 2. The maximum absolute atomic E-state index is 13.9. The van der Waals surface area contributed by atoms with Crippen LogP contribution < -0.4 is 9.47 Å². The molecule has 8 heteroatoms. The Hall–Kier alpha value is -3.99. The van der Waals surface area contributed by atoms with E-state index < -0.39 is 23.8 Å². The Morgan fingerprint density at radius 1 is 1.14 bits per heavy atom. The number of hydrogen-bond donors (Lipinski definition) is 1. The molecule has 0 spiro atoms. The van der Waals surface area contributed by atoms with Crippen LogP contribution in [0.25, 0.3) is 0 Å². The lowest BCUT2D eigenvalue weighted by Gasteiger charge is -2.20. The van der Waals surface area contributed by atoms with Gasteiger partial charge >= 0.3 is 12.1 Å². The molecule has 2 atom stereocenters. The van der Waals surface area contributed by atoms with Crippen molar-refractivity contribution in [3.05, 3.63) is 93.5 Å². The summed E-state index contributed by atoms with van der Waals surface area (Å²) in [4.78, 5) is 11.1. The summed E-state index contributed by atoms with van der Waals surface area (Å²) in [5.41, 5.74) is 2.53. The van der Waals surface area contributed by atoms with Crippen LogP contribution in [0.2, 0.25) is 0 Å². The molecule has 0 bridgehead atoms. The van der Waals surface area contributed by atoms with Gasteiger partial charge in [0.2, 0.25) is 0 Å². The van der Waals surface area contributed by atoms with E-state index in [1.807, 2.05) is 0 Å². The van der Waals surface area contributed by atoms with Gasteiger partial charge in [0.1, 0.15) is 17.6 Å². The van der Waals surface area contributed by atoms with Crippen molar-refractivity contribution in [1.82, 2.24) is 0 Å². The second kappa shape index (κ2) is 9.23. The van der Waals surface area contributed by atoms with Crippen molar-refractivity contribution >= 4 is 5.97 Å². The average Bonchev–Trinajstić information content (AvgIpc) is 3.42. The second-order valence-electron chi connectivity index (χ2n) is 9.05. The Morgan fingerprint density at radius 3 is 2.67 bits per heavy atom. The Labute approximate surface area is 205 Å². The van der Waals surface area contributed by atoms with Gasteiger partial charge in [-0.3, -0.25) is 4.79 Å². The van der Waals surface area contributed by atoms with E-state index >= 15 is 0 Å². The highest BCUT2D eigenvalue weighted by atomic mass is 19.4. The highest BCUT2D eigenvalue weighted by Gasteiger charge is 2.38. The number of carboxylic acids is 1. The third-order valence-corrected chi connectivity index (χ3v) is 6.85. The molecule has 5 rings (SSSR count). The van der Waals surface area contributed by atoms with Crippen LogP contribution in [0.15, 0.2) is 54.6 Å². The molecule has 3 aromatic rings. The fraction of sp³-hybridized carbons (Fsp3) is 0.286. The molecule has 36 heavy (non-hydrogen) atoms. The number of hydrogen-bond acceptors (Lipinski definition) is 4. The number of nitrogens with zero attached hydrogens (tertiary/aromatic N) is 1. The molecule has 0 saturated carbocycles. The first-order chi connectivity index (χ1) is 17.2. The first-order valence-electron chi connectivity index (χ1n) is 11.6. The Bertz CT molecular complexity index is 1380. The summed E-state index contributed by atoms with van der Waals surface area (Å²) in [6, 6.07) is 16.6.